The van der Waals surface area contributed by atoms with Crippen molar-refractivity contribution in [1.82, 2.24) is 0 Å². The molecule has 0 N–H and O–H groups in total. The van der Waals surface area contributed by atoms with E-state index < -0.39 is 0 Å². The lowest BCUT2D eigenvalue weighted by Gasteiger charge is -2.22. The molecule has 0 aliphatic heterocycles. The zero-order valence-electron chi connectivity index (χ0n) is 17.4. The van der Waals surface area contributed by atoms with Crippen LogP contribution >= 0.6 is 0 Å². The highest BCUT2D eigenvalue weighted by molar-refractivity contribution is 6.08. The summed E-state index contributed by atoms with van der Waals surface area (Å²) < 4.78 is 28.3. The largest absolute Gasteiger partial charge is 0.496 e. The van der Waals surface area contributed by atoms with Crippen molar-refractivity contribution >= 4 is 10.8 Å². The number of hydrogen-bond acceptors (Lipinski definition) is 5. The second kappa shape index (κ2) is 7.89. The van der Waals surface area contributed by atoms with Crippen LogP contribution in [0.4, 0.5) is 0 Å². The van der Waals surface area contributed by atoms with Gasteiger partial charge in [-0.3, -0.25) is 0 Å². The van der Waals surface area contributed by atoms with E-state index in [1.54, 1.807) is 35.5 Å². The molecular formula is C23H26O5. The van der Waals surface area contributed by atoms with Gasteiger partial charge in [-0.1, -0.05) is 12.1 Å². The Hall–Kier alpha value is -3.08. The number of rotatable bonds is 6. The maximum atomic E-state index is 5.74. The van der Waals surface area contributed by atoms with E-state index in [1.165, 1.54) is 0 Å². The number of hydrogen-bond donors (Lipinski definition) is 0. The molecule has 0 bridgehead atoms. The summed E-state index contributed by atoms with van der Waals surface area (Å²) in [6.45, 7) is 4.13. The third kappa shape index (κ3) is 2.97. The van der Waals surface area contributed by atoms with Crippen LogP contribution in [-0.4, -0.2) is 35.5 Å². The van der Waals surface area contributed by atoms with Crippen LogP contribution in [0.2, 0.25) is 0 Å². The maximum Gasteiger partial charge on any atom is 0.134 e. The van der Waals surface area contributed by atoms with Gasteiger partial charge in [0.25, 0.3) is 0 Å². The van der Waals surface area contributed by atoms with E-state index in [0.29, 0.717) is 17.2 Å². The molecular weight excluding hydrogens is 356 g/mol. The van der Waals surface area contributed by atoms with Gasteiger partial charge in [-0.2, -0.15) is 0 Å². The van der Waals surface area contributed by atoms with Crippen LogP contribution in [-0.2, 0) is 0 Å². The molecule has 0 radical (unpaired) electrons. The predicted octanol–water partition coefficient (Wildman–Crippen LogP) is 5.17. The summed E-state index contributed by atoms with van der Waals surface area (Å²) in [6.07, 6.45) is 0. The van der Waals surface area contributed by atoms with Crippen molar-refractivity contribution in [2.45, 2.75) is 13.8 Å². The first-order valence-corrected chi connectivity index (χ1v) is 8.96. The van der Waals surface area contributed by atoms with Crippen LogP contribution < -0.4 is 23.7 Å². The molecule has 0 aromatic heterocycles. The standard InChI is InChI=1S/C23H26O5/c1-13-14(2)23(28-7)16-9-8-10-17(25-4)21(16)20(13)22-18(26-5)11-15(24-3)12-19(22)27-6/h8-12H,1-7H3. The van der Waals surface area contributed by atoms with Gasteiger partial charge in [0.15, 0.2) is 0 Å². The van der Waals surface area contributed by atoms with Gasteiger partial charge in [0.2, 0.25) is 0 Å². The van der Waals surface area contributed by atoms with E-state index in [-0.39, 0.29) is 0 Å². The molecule has 3 aromatic carbocycles. The summed E-state index contributed by atoms with van der Waals surface area (Å²) in [5, 5.41) is 1.92. The Bertz CT molecular complexity index is 998. The summed E-state index contributed by atoms with van der Waals surface area (Å²) in [5.74, 6) is 3.58. The first-order valence-electron chi connectivity index (χ1n) is 8.96. The zero-order chi connectivity index (χ0) is 20.4. The molecule has 0 unspecified atom stereocenters. The van der Waals surface area contributed by atoms with Gasteiger partial charge in [-0.25, -0.2) is 0 Å². The van der Waals surface area contributed by atoms with E-state index >= 15 is 0 Å². The molecule has 0 aliphatic carbocycles. The Labute approximate surface area is 165 Å². The lowest BCUT2D eigenvalue weighted by atomic mass is 9.88. The van der Waals surface area contributed by atoms with Crippen LogP contribution in [0.5, 0.6) is 28.7 Å². The molecule has 5 nitrogen and oxygen atoms in total. The highest BCUT2D eigenvalue weighted by atomic mass is 16.5. The van der Waals surface area contributed by atoms with Crippen LogP contribution in [0.1, 0.15) is 11.1 Å². The van der Waals surface area contributed by atoms with Gasteiger partial charge in [-0.05, 0) is 31.0 Å². The third-order valence-corrected chi connectivity index (χ3v) is 5.19. The van der Waals surface area contributed by atoms with Gasteiger partial charge >= 0.3 is 0 Å². The molecule has 0 atom stereocenters. The van der Waals surface area contributed by atoms with Crippen LogP contribution in [0.15, 0.2) is 30.3 Å². The number of ether oxygens (including phenoxy) is 5. The van der Waals surface area contributed by atoms with E-state index in [4.69, 9.17) is 23.7 Å². The molecule has 148 valence electrons. The zero-order valence-corrected chi connectivity index (χ0v) is 17.4. The third-order valence-electron chi connectivity index (χ3n) is 5.19. The van der Waals surface area contributed by atoms with E-state index in [9.17, 15) is 0 Å². The Kier molecular flexibility index (Phi) is 5.54. The molecule has 0 aliphatic rings. The Morgan fingerprint density at radius 1 is 0.607 bits per heavy atom. The normalized spacial score (nSPS) is 10.7. The van der Waals surface area contributed by atoms with Crippen molar-refractivity contribution in [3.05, 3.63) is 41.5 Å². The minimum atomic E-state index is 0.663. The second-order valence-corrected chi connectivity index (χ2v) is 6.45. The van der Waals surface area contributed by atoms with Gasteiger partial charge < -0.3 is 23.7 Å². The first kappa shape index (κ1) is 19.7. The Balaban J connectivity index is 2.57. The quantitative estimate of drug-likeness (QED) is 0.589. The smallest absolute Gasteiger partial charge is 0.134 e. The molecule has 0 amide bonds. The van der Waals surface area contributed by atoms with Crippen LogP contribution in [0.25, 0.3) is 21.9 Å². The van der Waals surface area contributed by atoms with Crippen molar-refractivity contribution in [1.29, 1.82) is 0 Å². The topological polar surface area (TPSA) is 46.2 Å². The van der Waals surface area contributed by atoms with E-state index in [0.717, 1.165) is 44.5 Å². The van der Waals surface area contributed by atoms with Crippen molar-refractivity contribution in [2.75, 3.05) is 35.5 Å². The Morgan fingerprint density at radius 3 is 1.71 bits per heavy atom. The lowest BCUT2D eigenvalue weighted by molar-refractivity contribution is 0.377. The van der Waals surface area contributed by atoms with Crippen molar-refractivity contribution in [3.8, 4) is 39.9 Å². The number of methoxy groups -OCH3 is 5. The average Bonchev–Trinajstić information content (AvgIpc) is 2.73. The fraction of sp³-hybridized carbons (Fsp3) is 0.304. The average molecular weight is 382 g/mol. The van der Waals surface area contributed by atoms with Crippen LogP contribution in [0.3, 0.4) is 0 Å². The molecule has 3 aromatic rings. The second-order valence-electron chi connectivity index (χ2n) is 6.45. The molecule has 0 spiro atoms. The summed E-state index contributed by atoms with van der Waals surface area (Å²) >= 11 is 0. The van der Waals surface area contributed by atoms with Crippen molar-refractivity contribution < 1.29 is 23.7 Å². The summed E-state index contributed by atoms with van der Waals surface area (Å²) in [6, 6.07) is 9.67. The number of benzene rings is 3. The van der Waals surface area contributed by atoms with E-state index in [2.05, 4.69) is 13.8 Å². The lowest BCUT2D eigenvalue weighted by Crippen LogP contribution is -2.01. The van der Waals surface area contributed by atoms with Gasteiger partial charge in [0.05, 0.1) is 41.1 Å². The number of fused-ring (bicyclic) bond motifs is 1. The minimum Gasteiger partial charge on any atom is -0.496 e. The highest BCUT2D eigenvalue weighted by Gasteiger charge is 2.24. The van der Waals surface area contributed by atoms with E-state index in [1.807, 2.05) is 30.3 Å². The minimum absolute atomic E-state index is 0.663. The fourth-order valence-electron chi connectivity index (χ4n) is 3.72. The Morgan fingerprint density at radius 2 is 1.21 bits per heavy atom. The molecule has 0 saturated heterocycles. The SMILES string of the molecule is COc1cc(OC)c(-c2c(C)c(C)c(OC)c3cccc(OC)c23)c(OC)c1. The van der Waals surface area contributed by atoms with Gasteiger partial charge in [0, 0.05) is 28.5 Å². The van der Waals surface area contributed by atoms with Crippen molar-refractivity contribution in [2.24, 2.45) is 0 Å². The molecule has 28 heavy (non-hydrogen) atoms. The molecule has 3 rings (SSSR count). The monoisotopic (exact) mass is 382 g/mol. The summed E-state index contributed by atoms with van der Waals surface area (Å²) in [5.41, 5.74) is 3.96. The first-order chi connectivity index (χ1) is 13.5. The van der Waals surface area contributed by atoms with Gasteiger partial charge in [0.1, 0.15) is 28.7 Å². The van der Waals surface area contributed by atoms with Crippen LogP contribution in [0, 0.1) is 13.8 Å². The molecule has 0 fully saturated rings. The van der Waals surface area contributed by atoms with Crippen molar-refractivity contribution in [3.63, 3.8) is 0 Å². The molecule has 5 heteroatoms. The summed E-state index contributed by atoms with van der Waals surface area (Å²) in [7, 11) is 8.26. The fourth-order valence-corrected chi connectivity index (χ4v) is 3.72. The molecule has 0 saturated carbocycles. The summed E-state index contributed by atoms with van der Waals surface area (Å²) in [4.78, 5) is 0. The van der Waals surface area contributed by atoms with Gasteiger partial charge in [-0.15, -0.1) is 0 Å². The maximum absolute atomic E-state index is 5.74. The highest BCUT2D eigenvalue weighted by Crippen LogP contribution is 2.50. The predicted molar refractivity (Wildman–Crippen MR) is 112 cm³/mol. The molecule has 0 heterocycles.